The fourth-order valence-electron chi connectivity index (χ4n) is 3.58. The van der Waals surface area contributed by atoms with Crippen LogP contribution in [0.3, 0.4) is 0 Å². The standard InChI is InChI=1S/C16H30N2/c1-13-7-9-16(12-17,11-14(13)2)18-10-8-15-5-3-4-6-15/h5,13-14,18H,3-4,6-12,17H2,1-2H3. The molecule has 104 valence electrons. The van der Waals surface area contributed by atoms with Gasteiger partial charge in [-0.25, -0.2) is 0 Å². The van der Waals surface area contributed by atoms with Crippen molar-refractivity contribution in [1.29, 1.82) is 0 Å². The molecular weight excluding hydrogens is 220 g/mol. The largest absolute Gasteiger partial charge is 0.329 e. The zero-order chi connectivity index (χ0) is 13.0. The van der Waals surface area contributed by atoms with E-state index in [0.29, 0.717) is 0 Å². The van der Waals surface area contributed by atoms with Crippen LogP contribution in [0, 0.1) is 11.8 Å². The average molecular weight is 250 g/mol. The molecule has 0 heterocycles. The molecule has 0 saturated heterocycles. The van der Waals surface area contributed by atoms with Crippen molar-refractivity contribution in [1.82, 2.24) is 5.32 Å². The van der Waals surface area contributed by atoms with E-state index in [9.17, 15) is 0 Å². The number of nitrogens with two attached hydrogens (primary N) is 1. The van der Waals surface area contributed by atoms with Gasteiger partial charge in [0.05, 0.1) is 0 Å². The molecular formula is C16H30N2. The fraction of sp³-hybridized carbons (Fsp3) is 0.875. The van der Waals surface area contributed by atoms with Crippen molar-refractivity contribution in [3.05, 3.63) is 11.6 Å². The summed E-state index contributed by atoms with van der Waals surface area (Å²) in [4.78, 5) is 0. The maximum Gasteiger partial charge on any atom is 0.0306 e. The first-order chi connectivity index (χ1) is 8.65. The first kappa shape index (κ1) is 14.1. The minimum atomic E-state index is 0.227. The molecule has 1 saturated carbocycles. The predicted molar refractivity (Wildman–Crippen MR) is 78.5 cm³/mol. The number of hydrogen-bond acceptors (Lipinski definition) is 2. The zero-order valence-corrected chi connectivity index (χ0v) is 12.2. The lowest BCUT2D eigenvalue weighted by atomic mass is 9.71. The van der Waals surface area contributed by atoms with Gasteiger partial charge < -0.3 is 11.1 Å². The Balaban J connectivity index is 1.80. The monoisotopic (exact) mass is 250 g/mol. The second-order valence-corrected chi connectivity index (χ2v) is 6.61. The van der Waals surface area contributed by atoms with Gasteiger partial charge >= 0.3 is 0 Å². The van der Waals surface area contributed by atoms with Gasteiger partial charge in [0.25, 0.3) is 0 Å². The molecule has 1 fully saturated rings. The van der Waals surface area contributed by atoms with Crippen LogP contribution in [0.4, 0.5) is 0 Å². The van der Waals surface area contributed by atoms with Crippen LogP contribution >= 0.6 is 0 Å². The highest BCUT2D eigenvalue weighted by molar-refractivity contribution is 5.08. The Bertz CT molecular complexity index is 297. The summed E-state index contributed by atoms with van der Waals surface area (Å²) in [6, 6.07) is 0. The summed E-state index contributed by atoms with van der Waals surface area (Å²) in [7, 11) is 0. The van der Waals surface area contributed by atoms with Gasteiger partial charge in [-0.15, -0.1) is 0 Å². The molecule has 2 rings (SSSR count). The highest BCUT2D eigenvalue weighted by Crippen LogP contribution is 2.35. The summed E-state index contributed by atoms with van der Waals surface area (Å²) in [5.41, 5.74) is 7.95. The van der Waals surface area contributed by atoms with Crippen molar-refractivity contribution in [2.45, 2.75) is 64.3 Å². The van der Waals surface area contributed by atoms with Crippen molar-refractivity contribution in [2.24, 2.45) is 17.6 Å². The molecule has 0 aromatic rings. The molecule has 0 bridgehead atoms. The van der Waals surface area contributed by atoms with Gasteiger partial charge in [0.1, 0.15) is 0 Å². The van der Waals surface area contributed by atoms with Gasteiger partial charge in [0.2, 0.25) is 0 Å². The minimum Gasteiger partial charge on any atom is -0.329 e. The lowest BCUT2D eigenvalue weighted by Crippen LogP contribution is -2.55. The summed E-state index contributed by atoms with van der Waals surface area (Å²) in [6.45, 7) is 6.68. The van der Waals surface area contributed by atoms with Gasteiger partial charge in [0, 0.05) is 12.1 Å². The third kappa shape index (κ3) is 3.36. The average Bonchev–Trinajstić information content (AvgIpc) is 2.87. The van der Waals surface area contributed by atoms with Crippen LogP contribution in [0.5, 0.6) is 0 Å². The number of rotatable bonds is 5. The molecule has 3 N–H and O–H groups in total. The Morgan fingerprint density at radius 3 is 2.83 bits per heavy atom. The molecule has 3 atom stereocenters. The SMILES string of the molecule is CC1CCC(CN)(NCCC2=CCCC2)CC1C. The van der Waals surface area contributed by atoms with Crippen molar-refractivity contribution in [2.75, 3.05) is 13.1 Å². The summed E-state index contributed by atoms with van der Waals surface area (Å²) >= 11 is 0. The lowest BCUT2D eigenvalue weighted by Gasteiger charge is -2.43. The zero-order valence-electron chi connectivity index (χ0n) is 12.2. The summed E-state index contributed by atoms with van der Waals surface area (Å²) in [6.07, 6.45) is 11.5. The highest BCUT2D eigenvalue weighted by atomic mass is 15.0. The molecule has 2 aliphatic carbocycles. The van der Waals surface area contributed by atoms with E-state index in [-0.39, 0.29) is 5.54 Å². The molecule has 2 nitrogen and oxygen atoms in total. The van der Waals surface area contributed by atoms with Crippen LogP contribution in [0.25, 0.3) is 0 Å². The fourth-order valence-corrected chi connectivity index (χ4v) is 3.58. The number of allylic oxidation sites excluding steroid dienone is 1. The quantitative estimate of drug-likeness (QED) is 0.735. The Morgan fingerprint density at radius 2 is 2.22 bits per heavy atom. The minimum absolute atomic E-state index is 0.227. The summed E-state index contributed by atoms with van der Waals surface area (Å²) < 4.78 is 0. The molecule has 0 amide bonds. The van der Waals surface area contributed by atoms with E-state index in [1.54, 1.807) is 5.57 Å². The lowest BCUT2D eigenvalue weighted by molar-refractivity contribution is 0.147. The molecule has 0 aliphatic heterocycles. The summed E-state index contributed by atoms with van der Waals surface area (Å²) in [5, 5.41) is 3.80. The van der Waals surface area contributed by atoms with Crippen molar-refractivity contribution < 1.29 is 0 Å². The van der Waals surface area contributed by atoms with E-state index in [4.69, 9.17) is 5.73 Å². The van der Waals surface area contributed by atoms with Gasteiger partial charge in [-0.1, -0.05) is 25.5 Å². The Morgan fingerprint density at radius 1 is 1.39 bits per heavy atom. The first-order valence-corrected chi connectivity index (χ1v) is 7.78. The van der Waals surface area contributed by atoms with Gasteiger partial charge in [-0.3, -0.25) is 0 Å². The van der Waals surface area contributed by atoms with Crippen LogP contribution in [0.1, 0.15) is 58.8 Å². The van der Waals surface area contributed by atoms with E-state index in [1.807, 2.05) is 0 Å². The van der Waals surface area contributed by atoms with Crippen LogP contribution < -0.4 is 11.1 Å². The molecule has 0 aromatic carbocycles. The molecule has 2 aliphatic rings. The van der Waals surface area contributed by atoms with Crippen LogP contribution in [-0.4, -0.2) is 18.6 Å². The van der Waals surface area contributed by atoms with Crippen molar-refractivity contribution in [3.63, 3.8) is 0 Å². The molecule has 0 spiro atoms. The summed E-state index contributed by atoms with van der Waals surface area (Å²) in [5.74, 6) is 1.67. The Kier molecular flexibility index (Phi) is 4.85. The van der Waals surface area contributed by atoms with E-state index in [1.165, 1.54) is 44.9 Å². The molecule has 0 aromatic heterocycles. The van der Waals surface area contributed by atoms with E-state index >= 15 is 0 Å². The van der Waals surface area contributed by atoms with Crippen LogP contribution in [-0.2, 0) is 0 Å². The molecule has 3 unspecified atom stereocenters. The topological polar surface area (TPSA) is 38.0 Å². The van der Waals surface area contributed by atoms with Gasteiger partial charge in [0.15, 0.2) is 0 Å². The maximum atomic E-state index is 6.06. The van der Waals surface area contributed by atoms with Gasteiger partial charge in [-0.05, 0) is 63.3 Å². The highest BCUT2D eigenvalue weighted by Gasteiger charge is 2.36. The maximum absolute atomic E-state index is 6.06. The smallest absolute Gasteiger partial charge is 0.0306 e. The number of hydrogen-bond donors (Lipinski definition) is 2. The van der Waals surface area contributed by atoms with E-state index < -0.39 is 0 Å². The Labute approximate surface area is 112 Å². The third-order valence-corrected chi connectivity index (χ3v) is 5.23. The Hall–Kier alpha value is -0.340. The second-order valence-electron chi connectivity index (χ2n) is 6.61. The third-order valence-electron chi connectivity index (χ3n) is 5.23. The second kappa shape index (κ2) is 6.21. The predicted octanol–water partition coefficient (Wildman–Crippen LogP) is 3.23. The molecule has 0 radical (unpaired) electrons. The number of nitrogens with one attached hydrogen (secondary N) is 1. The van der Waals surface area contributed by atoms with Crippen molar-refractivity contribution >= 4 is 0 Å². The van der Waals surface area contributed by atoms with E-state index in [2.05, 4.69) is 25.2 Å². The van der Waals surface area contributed by atoms with E-state index in [0.717, 1.165) is 24.9 Å². The van der Waals surface area contributed by atoms with Gasteiger partial charge in [-0.2, -0.15) is 0 Å². The first-order valence-electron chi connectivity index (χ1n) is 7.78. The normalized spacial score (nSPS) is 36.7. The van der Waals surface area contributed by atoms with Crippen molar-refractivity contribution in [3.8, 4) is 0 Å². The van der Waals surface area contributed by atoms with Crippen LogP contribution in [0.2, 0.25) is 0 Å². The van der Waals surface area contributed by atoms with Crippen LogP contribution in [0.15, 0.2) is 11.6 Å². The molecule has 18 heavy (non-hydrogen) atoms. The molecule has 2 heteroatoms.